The molecule has 0 heterocycles. The highest BCUT2D eigenvalue weighted by molar-refractivity contribution is 6.35. The Hall–Kier alpha value is -2.24. The van der Waals surface area contributed by atoms with E-state index < -0.39 is 18.5 Å². The molecular weight excluding hydrogens is 365 g/mol. The predicted octanol–water partition coefficient (Wildman–Crippen LogP) is 4.17. The average Bonchev–Trinajstić information content (AvgIpc) is 2.55. The summed E-state index contributed by atoms with van der Waals surface area (Å²) in [5.41, 5.74) is 2.63. The topological polar surface area (TPSA) is 64.6 Å². The first-order chi connectivity index (χ1) is 11.8. The Kier molecular flexibility index (Phi) is 6.67. The number of amides is 1. The lowest BCUT2D eigenvalue weighted by molar-refractivity contribution is -0.149. The van der Waals surface area contributed by atoms with E-state index in [4.69, 9.17) is 32.7 Å². The molecule has 132 valence electrons. The highest BCUT2D eigenvalue weighted by atomic mass is 35.5. The number of halogens is 2. The minimum atomic E-state index is -0.679. The predicted molar refractivity (Wildman–Crippen MR) is 97.5 cm³/mol. The summed E-state index contributed by atoms with van der Waals surface area (Å²) in [5, 5.41) is 3.45. The van der Waals surface area contributed by atoms with Crippen LogP contribution in [0.2, 0.25) is 10.0 Å². The van der Waals surface area contributed by atoms with Gasteiger partial charge in [0.2, 0.25) is 0 Å². The Balaban J connectivity index is 1.79. The molecule has 0 aliphatic carbocycles. The first-order valence-corrected chi connectivity index (χ1v) is 8.21. The maximum absolute atomic E-state index is 11.9. The van der Waals surface area contributed by atoms with Crippen molar-refractivity contribution in [3.63, 3.8) is 0 Å². The van der Waals surface area contributed by atoms with E-state index >= 15 is 0 Å². The SMILES string of the molecule is Cc1ccc(C)c(NC(=O)COC(=O)COc2ccc(Cl)cc2Cl)c1. The molecule has 0 saturated heterocycles. The van der Waals surface area contributed by atoms with Gasteiger partial charge < -0.3 is 14.8 Å². The van der Waals surface area contributed by atoms with E-state index in [2.05, 4.69) is 5.32 Å². The lowest BCUT2D eigenvalue weighted by Crippen LogP contribution is -2.24. The number of benzene rings is 2. The summed E-state index contributed by atoms with van der Waals surface area (Å²) in [7, 11) is 0. The standard InChI is InChI=1S/C18H17Cl2NO4/c1-11-3-4-12(2)15(7-11)21-17(22)9-25-18(23)10-24-16-6-5-13(19)8-14(16)20/h3-8H,9-10H2,1-2H3,(H,21,22). The molecule has 0 aliphatic rings. The highest BCUT2D eigenvalue weighted by Gasteiger charge is 2.11. The van der Waals surface area contributed by atoms with Crippen LogP contribution < -0.4 is 10.1 Å². The maximum Gasteiger partial charge on any atom is 0.344 e. The highest BCUT2D eigenvalue weighted by Crippen LogP contribution is 2.27. The third-order valence-corrected chi connectivity index (χ3v) is 3.80. The van der Waals surface area contributed by atoms with Crippen molar-refractivity contribution in [1.82, 2.24) is 0 Å². The van der Waals surface area contributed by atoms with Gasteiger partial charge in [-0.3, -0.25) is 4.79 Å². The maximum atomic E-state index is 11.9. The summed E-state index contributed by atoms with van der Waals surface area (Å²) < 4.78 is 10.1. The van der Waals surface area contributed by atoms with Gasteiger partial charge in [-0.2, -0.15) is 0 Å². The van der Waals surface area contributed by atoms with E-state index in [1.54, 1.807) is 12.1 Å². The van der Waals surface area contributed by atoms with E-state index in [0.717, 1.165) is 11.1 Å². The molecule has 5 nitrogen and oxygen atoms in total. The lowest BCUT2D eigenvalue weighted by atomic mass is 10.1. The zero-order valence-corrected chi connectivity index (χ0v) is 15.3. The smallest absolute Gasteiger partial charge is 0.344 e. The second-order valence-corrected chi connectivity index (χ2v) is 6.23. The number of rotatable bonds is 6. The first kappa shape index (κ1) is 19.1. The van der Waals surface area contributed by atoms with Crippen LogP contribution in [0.4, 0.5) is 5.69 Å². The van der Waals surface area contributed by atoms with Crippen molar-refractivity contribution in [2.45, 2.75) is 13.8 Å². The van der Waals surface area contributed by atoms with Crippen molar-refractivity contribution in [1.29, 1.82) is 0 Å². The van der Waals surface area contributed by atoms with Gasteiger partial charge in [0.25, 0.3) is 5.91 Å². The Morgan fingerprint density at radius 2 is 1.80 bits per heavy atom. The van der Waals surface area contributed by atoms with E-state index in [9.17, 15) is 9.59 Å². The van der Waals surface area contributed by atoms with Gasteiger partial charge in [-0.15, -0.1) is 0 Å². The van der Waals surface area contributed by atoms with Crippen LogP contribution in [0.15, 0.2) is 36.4 Å². The number of carbonyl (C=O) groups is 2. The fraction of sp³-hybridized carbons (Fsp3) is 0.222. The van der Waals surface area contributed by atoms with Gasteiger partial charge in [-0.05, 0) is 49.2 Å². The molecule has 2 aromatic carbocycles. The molecule has 7 heteroatoms. The van der Waals surface area contributed by atoms with Crippen LogP contribution in [0, 0.1) is 13.8 Å². The van der Waals surface area contributed by atoms with Crippen LogP contribution >= 0.6 is 23.2 Å². The molecule has 0 spiro atoms. The largest absolute Gasteiger partial charge is 0.480 e. The molecule has 2 rings (SSSR count). The number of nitrogens with one attached hydrogen (secondary N) is 1. The van der Waals surface area contributed by atoms with Crippen molar-refractivity contribution >= 4 is 40.8 Å². The zero-order valence-electron chi connectivity index (χ0n) is 13.8. The Morgan fingerprint density at radius 1 is 1.04 bits per heavy atom. The molecule has 0 unspecified atom stereocenters. The normalized spacial score (nSPS) is 10.2. The number of aryl methyl sites for hydroxylation is 2. The third-order valence-electron chi connectivity index (χ3n) is 3.27. The van der Waals surface area contributed by atoms with Crippen molar-refractivity contribution in [3.05, 3.63) is 57.6 Å². The van der Waals surface area contributed by atoms with Crippen molar-refractivity contribution < 1.29 is 19.1 Å². The number of hydrogen-bond acceptors (Lipinski definition) is 4. The molecule has 0 fully saturated rings. The minimum Gasteiger partial charge on any atom is -0.480 e. The minimum absolute atomic E-state index is 0.285. The monoisotopic (exact) mass is 381 g/mol. The van der Waals surface area contributed by atoms with Crippen molar-refractivity contribution in [3.8, 4) is 5.75 Å². The van der Waals surface area contributed by atoms with E-state index in [1.165, 1.54) is 6.07 Å². The number of esters is 1. The van der Waals surface area contributed by atoms with Crippen LogP contribution in [0.1, 0.15) is 11.1 Å². The zero-order chi connectivity index (χ0) is 18.4. The molecule has 0 atom stereocenters. The van der Waals surface area contributed by atoms with Crippen LogP contribution in [-0.4, -0.2) is 25.1 Å². The lowest BCUT2D eigenvalue weighted by Gasteiger charge is -2.10. The first-order valence-electron chi connectivity index (χ1n) is 7.45. The molecule has 0 saturated carbocycles. The van der Waals surface area contributed by atoms with Crippen LogP contribution in [0.3, 0.4) is 0 Å². The fourth-order valence-corrected chi connectivity index (χ4v) is 2.44. The van der Waals surface area contributed by atoms with Crippen molar-refractivity contribution in [2.75, 3.05) is 18.5 Å². The number of anilines is 1. The molecule has 0 aliphatic heterocycles. The van der Waals surface area contributed by atoms with E-state index in [1.807, 2.05) is 32.0 Å². The fourth-order valence-electron chi connectivity index (χ4n) is 1.97. The van der Waals surface area contributed by atoms with Gasteiger partial charge in [-0.25, -0.2) is 4.79 Å². The number of hydrogen-bond donors (Lipinski definition) is 1. The van der Waals surface area contributed by atoms with Crippen LogP contribution in [-0.2, 0) is 14.3 Å². The number of ether oxygens (including phenoxy) is 2. The molecule has 0 aromatic heterocycles. The van der Waals surface area contributed by atoms with Crippen LogP contribution in [0.5, 0.6) is 5.75 Å². The average molecular weight is 382 g/mol. The third kappa shape index (κ3) is 5.96. The van der Waals surface area contributed by atoms with Crippen LogP contribution in [0.25, 0.3) is 0 Å². The van der Waals surface area contributed by atoms with Gasteiger partial charge >= 0.3 is 5.97 Å². The second kappa shape index (κ2) is 8.74. The molecular formula is C18H17Cl2NO4. The summed E-state index contributed by atoms with van der Waals surface area (Å²) in [5.74, 6) is -0.795. The summed E-state index contributed by atoms with van der Waals surface area (Å²) in [6.45, 7) is 3.04. The number of carbonyl (C=O) groups excluding carboxylic acids is 2. The van der Waals surface area contributed by atoms with Gasteiger partial charge in [0.05, 0.1) is 5.02 Å². The van der Waals surface area contributed by atoms with Gasteiger partial charge in [0.15, 0.2) is 13.2 Å². The molecule has 1 amide bonds. The molecule has 0 radical (unpaired) electrons. The van der Waals surface area contributed by atoms with Gasteiger partial charge in [0.1, 0.15) is 5.75 Å². The van der Waals surface area contributed by atoms with Crippen molar-refractivity contribution in [2.24, 2.45) is 0 Å². The molecule has 1 N–H and O–H groups in total. The Morgan fingerprint density at radius 3 is 2.52 bits per heavy atom. The summed E-state index contributed by atoms with van der Waals surface area (Å²) in [6, 6.07) is 10.3. The summed E-state index contributed by atoms with van der Waals surface area (Å²) in [6.07, 6.45) is 0. The van der Waals surface area contributed by atoms with Gasteiger partial charge in [0, 0.05) is 10.7 Å². The summed E-state index contributed by atoms with van der Waals surface area (Å²) >= 11 is 11.7. The van der Waals surface area contributed by atoms with E-state index in [-0.39, 0.29) is 11.6 Å². The van der Waals surface area contributed by atoms with Gasteiger partial charge in [-0.1, -0.05) is 35.3 Å². The quantitative estimate of drug-likeness (QED) is 0.762. The summed E-state index contributed by atoms with van der Waals surface area (Å²) in [4.78, 5) is 23.6. The Bertz CT molecular complexity index is 793. The van der Waals surface area contributed by atoms with E-state index in [0.29, 0.717) is 16.5 Å². The molecule has 0 bridgehead atoms. The second-order valence-electron chi connectivity index (χ2n) is 5.39. The molecule has 2 aromatic rings. The Labute approximate surface area is 155 Å². The molecule has 25 heavy (non-hydrogen) atoms.